The molecule has 164 valence electrons. The molecule has 1 heterocycles. The number of rotatable bonds is 7. The van der Waals surface area contributed by atoms with Crippen molar-refractivity contribution in [3.05, 3.63) is 94.0 Å². The monoisotopic (exact) mass is 433 g/mol. The summed E-state index contributed by atoms with van der Waals surface area (Å²) in [4.78, 5) is 24.1. The van der Waals surface area contributed by atoms with Gasteiger partial charge in [-0.25, -0.2) is 0 Å². The number of para-hydroxylation sites is 2. The van der Waals surface area contributed by atoms with Gasteiger partial charge < -0.3 is 14.8 Å². The lowest BCUT2D eigenvalue weighted by Gasteiger charge is -2.28. The minimum absolute atomic E-state index is 0.147. The molecule has 0 saturated carbocycles. The zero-order valence-corrected chi connectivity index (χ0v) is 17.5. The van der Waals surface area contributed by atoms with E-state index in [-0.39, 0.29) is 17.5 Å². The van der Waals surface area contributed by atoms with E-state index < -0.39 is 16.9 Å². The molecule has 3 aromatic carbocycles. The molecule has 0 radical (unpaired) electrons. The van der Waals surface area contributed by atoms with Crippen molar-refractivity contribution < 1.29 is 19.2 Å². The van der Waals surface area contributed by atoms with Crippen LogP contribution in [-0.2, 0) is 4.79 Å². The lowest BCUT2D eigenvalue weighted by atomic mass is 10.1. The Kier molecular flexibility index (Phi) is 6.32. The first-order chi connectivity index (χ1) is 15.5. The second-order valence-corrected chi connectivity index (χ2v) is 7.52. The summed E-state index contributed by atoms with van der Waals surface area (Å²) < 4.78 is 11.7. The van der Waals surface area contributed by atoms with Crippen LogP contribution in [0.2, 0.25) is 0 Å². The Hall–Kier alpha value is -3.91. The third kappa shape index (κ3) is 4.87. The molecule has 32 heavy (non-hydrogen) atoms. The molecular weight excluding hydrogens is 410 g/mol. The lowest BCUT2D eigenvalue weighted by molar-refractivity contribution is -0.384. The predicted molar refractivity (Wildman–Crippen MR) is 120 cm³/mol. The number of benzene rings is 3. The summed E-state index contributed by atoms with van der Waals surface area (Å²) >= 11 is 0. The van der Waals surface area contributed by atoms with Gasteiger partial charge in [0.25, 0.3) is 5.69 Å². The number of hydrogen-bond acceptors (Lipinski definition) is 6. The fourth-order valence-corrected chi connectivity index (χ4v) is 3.52. The fourth-order valence-electron chi connectivity index (χ4n) is 3.52. The average molecular weight is 433 g/mol. The van der Waals surface area contributed by atoms with E-state index in [0.717, 1.165) is 11.1 Å². The van der Waals surface area contributed by atoms with E-state index in [4.69, 9.17) is 9.47 Å². The summed E-state index contributed by atoms with van der Waals surface area (Å²) in [6.07, 6.45) is -0.294. The van der Waals surface area contributed by atoms with Gasteiger partial charge in [0.05, 0.1) is 4.92 Å². The summed E-state index contributed by atoms with van der Waals surface area (Å²) in [6.45, 7) is 2.45. The van der Waals surface area contributed by atoms with Crippen LogP contribution in [0, 0.1) is 17.0 Å². The number of hydrogen-bond donors (Lipinski definition) is 2. The molecule has 8 nitrogen and oxygen atoms in total. The molecule has 4 rings (SSSR count). The maximum Gasteiger partial charge on any atom is 0.293 e. The molecule has 0 aliphatic carbocycles. The molecule has 0 bridgehead atoms. The topological polar surface area (TPSA) is 103 Å². The average Bonchev–Trinajstić information content (AvgIpc) is 2.81. The molecule has 1 aliphatic rings. The molecule has 0 saturated heterocycles. The quantitative estimate of drug-likeness (QED) is 0.431. The summed E-state index contributed by atoms with van der Waals surface area (Å²) in [6, 6.07) is 20.6. The van der Waals surface area contributed by atoms with Crippen LogP contribution in [0.4, 0.5) is 11.4 Å². The van der Waals surface area contributed by atoms with Crippen LogP contribution < -0.4 is 20.1 Å². The van der Waals surface area contributed by atoms with Gasteiger partial charge in [-0.2, -0.15) is 0 Å². The number of fused-ring (bicyclic) bond motifs is 1. The van der Waals surface area contributed by atoms with Gasteiger partial charge in [-0.1, -0.05) is 48.5 Å². The van der Waals surface area contributed by atoms with Gasteiger partial charge in [0.1, 0.15) is 24.4 Å². The number of aryl methyl sites for hydroxylation is 1. The van der Waals surface area contributed by atoms with Gasteiger partial charge in [0.2, 0.25) is 5.91 Å². The summed E-state index contributed by atoms with van der Waals surface area (Å²) in [5.41, 5.74) is 1.48. The van der Waals surface area contributed by atoms with Crippen molar-refractivity contribution in [1.29, 1.82) is 0 Å². The smallest absolute Gasteiger partial charge is 0.293 e. The van der Waals surface area contributed by atoms with Crippen LogP contribution in [-0.4, -0.2) is 30.1 Å². The van der Waals surface area contributed by atoms with E-state index >= 15 is 0 Å². The standard InChI is InChI=1S/C24H23N3O5/c1-16-11-12-19(20(13-16)27(29)30)26-24(28)23(17-7-3-2-4-8-17)25-14-18-15-31-21-9-5-6-10-22(21)32-18/h2-13,18,23,25H,14-15H2,1H3,(H,26,28). The molecular formula is C24H23N3O5. The van der Waals surface area contributed by atoms with Gasteiger partial charge >= 0.3 is 0 Å². The molecule has 0 spiro atoms. The largest absolute Gasteiger partial charge is 0.486 e. The number of nitrogens with one attached hydrogen (secondary N) is 2. The third-order valence-electron chi connectivity index (χ3n) is 5.12. The molecule has 3 aromatic rings. The van der Waals surface area contributed by atoms with Crippen molar-refractivity contribution in [1.82, 2.24) is 5.32 Å². The molecule has 8 heteroatoms. The van der Waals surface area contributed by atoms with Crippen molar-refractivity contribution in [2.75, 3.05) is 18.5 Å². The van der Waals surface area contributed by atoms with Crippen molar-refractivity contribution in [3.8, 4) is 11.5 Å². The van der Waals surface area contributed by atoms with E-state index in [1.165, 1.54) is 6.07 Å². The number of anilines is 1. The van der Waals surface area contributed by atoms with E-state index in [9.17, 15) is 14.9 Å². The van der Waals surface area contributed by atoms with Crippen molar-refractivity contribution in [2.45, 2.75) is 19.1 Å². The van der Waals surface area contributed by atoms with Gasteiger partial charge in [-0.3, -0.25) is 20.2 Å². The van der Waals surface area contributed by atoms with Crippen molar-refractivity contribution >= 4 is 17.3 Å². The Labute approximate surface area is 185 Å². The van der Waals surface area contributed by atoms with Crippen LogP contribution >= 0.6 is 0 Å². The van der Waals surface area contributed by atoms with Crippen LogP contribution in [0.15, 0.2) is 72.8 Å². The first kappa shape index (κ1) is 21.3. The summed E-state index contributed by atoms with van der Waals surface area (Å²) in [5, 5.41) is 17.4. The van der Waals surface area contributed by atoms with Crippen LogP contribution in [0.3, 0.4) is 0 Å². The van der Waals surface area contributed by atoms with Gasteiger partial charge in [0.15, 0.2) is 11.5 Å². The maximum atomic E-state index is 13.2. The fraction of sp³-hybridized carbons (Fsp3) is 0.208. The number of carbonyl (C=O) groups is 1. The second kappa shape index (κ2) is 9.49. The Morgan fingerprint density at radius 1 is 1.09 bits per heavy atom. The van der Waals surface area contributed by atoms with Crippen LogP contribution in [0.5, 0.6) is 11.5 Å². The van der Waals surface area contributed by atoms with E-state index in [0.29, 0.717) is 24.7 Å². The Balaban J connectivity index is 1.50. The molecule has 0 aromatic heterocycles. The zero-order valence-electron chi connectivity index (χ0n) is 17.5. The number of ether oxygens (including phenoxy) is 2. The predicted octanol–water partition coefficient (Wildman–Crippen LogP) is 4.01. The minimum atomic E-state index is -0.738. The first-order valence-electron chi connectivity index (χ1n) is 10.2. The minimum Gasteiger partial charge on any atom is -0.486 e. The van der Waals surface area contributed by atoms with Crippen LogP contribution in [0.25, 0.3) is 0 Å². The third-order valence-corrected chi connectivity index (χ3v) is 5.12. The Morgan fingerprint density at radius 2 is 1.81 bits per heavy atom. The molecule has 2 unspecified atom stereocenters. The highest BCUT2D eigenvalue weighted by molar-refractivity contribution is 5.97. The second-order valence-electron chi connectivity index (χ2n) is 7.52. The van der Waals surface area contributed by atoms with E-state index in [1.54, 1.807) is 19.1 Å². The van der Waals surface area contributed by atoms with Gasteiger partial charge in [0, 0.05) is 12.6 Å². The highest BCUT2D eigenvalue weighted by Crippen LogP contribution is 2.31. The molecule has 1 aliphatic heterocycles. The Bertz CT molecular complexity index is 1120. The maximum absolute atomic E-state index is 13.2. The summed E-state index contributed by atoms with van der Waals surface area (Å²) in [5.74, 6) is 0.939. The molecule has 0 fully saturated rings. The van der Waals surface area contributed by atoms with Gasteiger partial charge in [-0.05, 0) is 36.2 Å². The lowest BCUT2D eigenvalue weighted by Crippen LogP contribution is -2.42. The Morgan fingerprint density at radius 3 is 2.56 bits per heavy atom. The van der Waals surface area contributed by atoms with E-state index in [1.807, 2.05) is 54.6 Å². The number of nitro benzene ring substituents is 1. The SMILES string of the molecule is Cc1ccc(NC(=O)C(NCC2COc3ccccc3O2)c2ccccc2)c([N+](=O)[O-])c1. The number of nitrogens with zero attached hydrogens (tertiary/aromatic N) is 1. The summed E-state index contributed by atoms with van der Waals surface area (Å²) in [7, 11) is 0. The van der Waals surface area contributed by atoms with Crippen LogP contribution in [0.1, 0.15) is 17.2 Å². The number of nitro groups is 1. The zero-order chi connectivity index (χ0) is 22.5. The van der Waals surface area contributed by atoms with Crippen molar-refractivity contribution in [3.63, 3.8) is 0 Å². The number of carbonyl (C=O) groups excluding carboxylic acids is 1. The van der Waals surface area contributed by atoms with Crippen molar-refractivity contribution in [2.24, 2.45) is 0 Å². The molecule has 1 amide bonds. The highest BCUT2D eigenvalue weighted by atomic mass is 16.6. The van der Waals surface area contributed by atoms with Gasteiger partial charge in [-0.15, -0.1) is 0 Å². The number of amides is 1. The normalized spacial score (nSPS) is 15.6. The molecule has 2 N–H and O–H groups in total. The highest BCUT2D eigenvalue weighted by Gasteiger charge is 2.27. The van der Waals surface area contributed by atoms with E-state index in [2.05, 4.69) is 10.6 Å². The first-order valence-corrected chi connectivity index (χ1v) is 10.2. The molecule has 2 atom stereocenters.